The molecule has 0 amide bonds. The Bertz CT molecular complexity index is 317. The lowest BCUT2D eigenvalue weighted by atomic mass is 10.1. The number of ether oxygens (including phenoxy) is 2. The van der Waals surface area contributed by atoms with E-state index in [0.29, 0.717) is 19.6 Å². The maximum Gasteiger partial charge on any atom is 0.341 e. The van der Waals surface area contributed by atoms with Crippen molar-refractivity contribution in [2.24, 2.45) is 0 Å². The van der Waals surface area contributed by atoms with Crippen LogP contribution in [0.2, 0.25) is 0 Å². The zero-order valence-corrected chi connectivity index (χ0v) is 10.4. The number of rotatable bonds is 8. The van der Waals surface area contributed by atoms with Crippen LogP contribution in [0.3, 0.4) is 0 Å². The van der Waals surface area contributed by atoms with Gasteiger partial charge in [0.15, 0.2) is 5.78 Å². The fourth-order valence-electron chi connectivity index (χ4n) is 1.17. The molecule has 0 aromatic rings. The third-order valence-electron chi connectivity index (χ3n) is 1.93. The number of carbonyl (C=O) groups excluding carboxylic acids is 3. The first kappa shape index (κ1) is 15.5. The van der Waals surface area contributed by atoms with Crippen molar-refractivity contribution in [2.75, 3.05) is 20.3 Å². The molecule has 0 atom stereocenters. The third kappa shape index (κ3) is 6.63. The van der Waals surface area contributed by atoms with Crippen molar-refractivity contribution in [1.29, 1.82) is 0 Å². The zero-order valence-electron chi connectivity index (χ0n) is 10.4. The third-order valence-corrected chi connectivity index (χ3v) is 1.93. The number of hydrogen-bond acceptors (Lipinski definition) is 5. The highest BCUT2D eigenvalue weighted by Gasteiger charge is 2.19. The number of ketones is 2. The molecule has 5 heteroatoms. The molecule has 0 saturated carbocycles. The van der Waals surface area contributed by atoms with Gasteiger partial charge in [-0.3, -0.25) is 9.59 Å². The predicted molar refractivity (Wildman–Crippen MR) is 61.5 cm³/mol. The zero-order chi connectivity index (χ0) is 13.3. The van der Waals surface area contributed by atoms with Crippen molar-refractivity contribution in [1.82, 2.24) is 0 Å². The summed E-state index contributed by atoms with van der Waals surface area (Å²) in [4.78, 5) is 33.7. The quantitative estimate of drug-likeness (QED) is 0.209. The summed E-state index contributed by atoms with van der Waals surface area (Å²) in [5.74, 6) is -1.51. The summed E-state index contributed by atoms with van der Waals surface area (Å²) in [6.07, 6.45) is 1.60. The van der Waals surface area contributed by atoms with Gasteiger partial charge in [0.2, 0.25) is 0 Å². The maximum absolute atomic E-state index is 11.6. The SMILES string of the molecule is CCOCCC=C(C(=O)CC(C)=O)C(=O)OC. The standard InChI is InChI=1S/C12H18O5/c1-4-17-7-5-6-10(12(15)16-3)11(14)8-9(2)13/h6H,4-5,7-8H2,1-3H3. The summed E-state index contributed by atoms with van der Waals surface area (Å²) in [7, 11) is 1.19. The largest absolute Gasteiger partial charge is 0.465 e. The van der Waals surface area contributed by atoms with E-state index in [9.17, 15) is 14.4 Å². The molecule has 0 aliphatic rings. The summed E-state index contributed by atoms with van der Waals surface area (Å²) in [5.41, 5.74) is -0.0811. The van der Waals surface area contributed by atoms with Crippen LogP contribution in [0.4, 0.5) is 0 Å². The van der Waals surface area contributed by atoms with Crippen LogP contribution in [-0.2, 0) is 23.9 Å². The van der Waals surface area contributed by atoms with Crippen LogP contribution in [0, 0.1) is 0 Å². The van der Waals surface area contributed by atoms with E-state index in [1.165, 1.54) is 20.1 Å². The van der Waals surface area contributed by atoms with Crippen molar-refractivity contribution in [2.45, 2.75) is 26.7 Å². The summed E-state index contributed by atoms with van der Waals surface area (Å²) >= 11 is 0. The molecule has 0 radical (unpaired) electrons. The molecule has 0 rings (SSSR count). The average molecular weight is 242 g/mol. The smallest absolute Gasteiger partial charge is 0.341 e. The van der Waals surface area contributed by atoms with E-state index >= 15 is 0 Å². The van der Waals surface area contributed by atoms with E-state index < -0.39 is 11.8 Å². The van der Waals surface area contributed by atoms with Crippen LogP contribution in [-0.4, -0.2) is 37.9 Å². The van der Waals surface area contributed by atoms with Crippen molar-refractivity contribution in [3.05, 3.63) is 11.6 Å². The molecular formula is C12H18O5. The molecule has 0 aliphatic heterocycles. The first-order valence-electron chi connectivity index (χ1n) is 5.41. The first-order valence-corrected chi connectivity index (χ1v) is 5.41. The fourth-order valence-corrected chi connectivity index (χ4v) is 1.17. The minimum Gasteiger partial charge on any atom is -0.465 e. The monoisotopic (exact) mass is 242 g/mol. The van der Waals surface area contributed by atoms with Crippen LogP contribution in [0.15, 0.2) is 11.6 Å². The molecule has 17 heavy (non-hydrogen) atoms. The highest BCUT2D eigenvalue weighted by molar-refractivity contribution is 6.21. The Morgan fingerprint density at radius 3 is 2.35 bits per heavy atom. The number of hydrogen-bond donors (Lipinski definition) is 0. The summed E-state index contributed by atoms with van der Waals surface area (Å²) < 4.78 is 9.58. The normalized spacial score (nSPS) is 11.1. The molecule has 0 bridgehead atoms. The molecule has 0 heterocycles. The summed E-state index contributed by atoms with van der Waals surface area (Å²) in [5, 5.41) is 0. The van der Waals surface area contributed by atoms with E-state index in [0.717, 1.165) is 0 Å². The Kier molecular flexibility index (Phi) is 7.88. The molecule has 0 aliphatic carbocycles. The first-order chi connectivity index (χ1) is 8.02. The Balaban J connectivity index is 4.57. The van der Waals surface area contributed by atoms with Crippen molar-refractivity contribution in [3.63, 3.8) is 0 Å². The summed E-state index contributed by atoms with van der Waals surface area (Å²) in [6, 6.07) is 0. The molecule has 0 unspecified atom stereocenters. The van der Waals surface area contributed by atoms with E-state index in [1.54, 1.807) is 0 Å². The molecule has 0 saturated heterocycles. The fraction of sp³-hybridized carbons (Fsp3) is 0.583. The van der Waals surface area contributed by atoms with Crippen LogP contribution < -0.4 is 0 Å². The van der Waals surface area contributed by atoms with Gasteiger partial charge in [-0.2, -0.15) is 0 Å². The second-order valence-corrected chi connectivity index (χ2v) is 3.40. The topological polar surface area (TPSA) is 69.7 Å². The molecule has 5 nitrogen and oxygen atoms in total. The minimum atomic E-state index is -0.715. The van der Waals surface area contributed by atoms with Crippen LogP contribution in [0.1, 0.15) is 26.7 Å². The average Bonchev–Trinajstić information content (AvgIpc) is 2.27. The Hall–Kier alpha value is -1.49. The second kappa shape index (κ2) is 8.64. The van der Waals surface area contributed by atoms with Crippen molar-refractivity contribution < 1.29 is 23.9 Å². The molecule has 96 valence electrons. The Labute approximate surface area is 101 Å². The van der Waals surface area contributed by atoms with Crippen LogP contribution in [0.25, 0.3) is 0 Å². The highest BCUT2D eigenvalue weighted by Crippen LogP contribution is 2.05. The highest BCUT2D eigenvalue weighted by atomic mass is 16.5. The Morgan fingerprint density at radius 1 is 1.24 bits per heavy atom. The van der Waals surface area contributed by atoms with Gasteiger partial charge in [-0.25, -0.2) is 4.79 Å². The lowest BCUT2D eigenvalue weighted by Crippen LogP contribution is -2.17. The molecule has 0 spiro atoms. The van der Waals surface area contributed by atoms with E-state index in [1.807, 2.05) is 6.92 Å². The summed E-state index contributed by atoms with van der Waals surface area (Å²) in [6.45, 7) is 4.14. The van der Waals surface area contributed by atoms with E-state index in [2.05, 4.69) is 4.74 Å². The van der Waals surface area contributed by atoms with Crippen molar-refractivity contribution in [3.8, 4) is 0 Å². The number of methoxy groups -OCH3 is 1. The number of carbonyl (C=O) groups is 3. The van der Waals surface area contributed by atoms with Gasteiger partial charge in [-0.1, -0.05) is 6.08 Å². The lowest BCUT2D eigenvalue weighted by molar-refractivity contribution is -0.138. The van der Waals surface area contributed by atoms with Crippen molar-refractivity contribution >= 4 is 17.5 Å². The minimum absolute atomic E-state index is 0.0811. The van der Waals surface area contributed by atoms with E-state index in [-0.39, 0.29) is 17.8 Å². The van der Waals surface area contributed by atoms with Gasteiger partial charge in [0.1, 0.15) is 5.78 Å². The van der Waals surface area contributed by atoms with Gasteiger partial charge >= 0.3 is 5.97 Å². The number of esters is 1. The van der Waals surface area contributed by atoms with Crippen LogP contribution >= 0.6 is 0 Å². The molecule has 0 fully saturated rings. The molecule has 0 N–H and O–H groups in total. The van der Waals surface area contributed by atoms with Gasteiger partial charge in [0, 0.05) is 6.61 Å². The molecule has 0 aromatic heterocycles. The molecule has 0 aromatic carbocycles. The molecular weight excluding hydrogens is 224 g/mol. The van der Waals surface area contributed by atoms with Gasteiger partial charge < -0.3 is 9.47 Å². The second-order valence-electron chi connectivity index (χ2n) is 3.40. The van der Waals surface area contributed by atoms with Crippen LogP contribution in [0.5, 0.6) is 0 Å². The van der Waals surface area contributed by atoms with Gasteiger partial charge in [-0.15, -0.1) is 0 Å². The lowest BCUT2D eigenvalue weighted by Gasteiger charge is -2.03. The predicted octanol–water partition coefficient (Wildman–Crippen LogP) is 1.06. The number of Topliss-reactive ketones (excluding diaryl/α,β-unsaturated/α-hetero) is 2. The van der Waals surface area contributed by atoms with Gasteiger partial charge in [0.25, 0.3) is 0 Å². The maximum atomic E-state index is 11.6. The van der Waals surface area contributed by atoms with Gasteiger partial charge in [0.05, 0.1) is 25.7 Å². The van der Waals surface area contributed by atoms with E-state index in [4.69, 9.17) is 4.74 Å². The van der Waals surface area contributed by atoms with Gasteiger partial charge in [-0.05, 0) is 20.3 Å². The Morgan fingerprint density at radius 2 is 1.88 bits per heavy atom.